The first-order valence-electron chi connectivity index (χ1n) is 11.2. The maximum absolute atomic E-state index is 13.2. The maximum Gasteiger partial charge on any atom is 0.338 e. The summed E-state index contributed by atoms with van der Waals surface area (Å²) in [5.41, 5.74) is 2.58. The van der Waals surface area contributed by atoms with Gasteiger partial charge in [-0.3, -0.25) is 0 Å². The molecule has 2 fully saturated rings. The van der Waals surface area contributed by atoms with Crippen molar-refractivity contribution < 1.29 is 4.79 Å². The monoisotopic (exact) mass is 381 g/mol. The van der Waals surface area contributed by atoms with Crippen LogP contribution in [-0.4, -0.2) is 28.8 Å². The summed E-state index contributed by atoms with van der Waals surface area (Å²) in [6.45, 7) is 7.51. The van der Waals surface area contributed by atoms with E-state index in [0.717, 1.165) is 12.8 Å². The number of unbranched alkanes of at least 4 members (excludes halogenated alkanes) is 2. The van der Waals surface area contributed by atoms with E-state index in [4.69, 9.17) is 5.10 Å². The van der Waals surface area contributed by atoms with E-state index in [1.165, 1.54) is 49.8 Å². The highest BCUT2D eigenvalue weighted by Crippen LogP contribution is 2.60. The SMILES string of the molecule is CCCCCC1=NN(C(=O)N[C@@]2(C)[C@H]3CC[C@]2(C)CC3)CC1c1ccccc1. The largest absolute Gasteiger partial charge is 0.338 e. The van der Waals surface area contributed by atoms with Crippen molar-refractivity contribution in [2.24, 2.45) is 16.4 Å². The third-order valence-electron chi connectivity index (χ3n) is 8.01. The highest BCUT2D eigenvalue weighted by Gasteiger charge is 2.60. The van der Waals surface area contributed by atoms with Crippen LogP contribution in [0, 0.1) is 11.3 Å². The Kier molecular flexibility index (Phi) is 5.24. The molecule has 1 unspecified atom stereocenters. The lowest BCUT2D eigenvalue weighted by Gasteiger charge is -2.39. The lowest BCUT2D eigenvalue weighted by molar-refractivity contribution is 0.148. The molecule has 152 valence electrons. The van der Waals surface area contributed by atoms with E-state index < -0.39 is 0 Å². The van der Waals surface area contributed by atoms with Crippen LogP contribution >= 0.6 is 0 Å². The number of benzene rings is 1. The molecule has 0 radical (unpaired) electrons. The molecule has 2 atom stereocenters. The number of hydrazone groups is 1. The number of nitrogens with zero attached hydrogens (tertiary/aromatic N) is 2. The Labute approximate surface area is 169 Å². The van der Waals surface area contributed by atoms with Crippen LogP contribution in [-0.2, 0) is 0 Å². The summed E-state index contributed by atoms with van der Waals surface area (Å²) in [7, 11) is 0. The highest BCUT2D eigenvalue weighted by atomic mass is 16.2. The van der Waals surface area contributed by atoms with Crippen molar-refractivity contribution in [1.29, 1.82) is 0 Å². The first-order valence-corrected chi connectivity index (χ1v) is 11.2. The molecule has 0 saturated heterocycles. The molecule has 28 heavy (non-hydrogen) atoms. The Morgan fingerprint density at radius 2 is 1.89 bits per heavy atom. The number of rotatable bonds is 6. The summed E-state index contributed by atoms with van der Waals surface area (Å²) >= 11 is 0. The van der Waals surface area contributed by atoms with Crippen LogP contribution in [0.2, 0.25) is 0 Å². The number of carbonyl (C=O) groups is 1. The average molecular weight is 382 g/mol. The first kappa shape index (κ1) is 19.5. The molecular formula is C24H35N3O. The molecule has 0 spiro atoms. The van der Waals surface area contributed by atoms with Gasteiger partial charge < -0.3 is 5.32 Å². The Morgan fingerprint density at radius 1 is 1.18 bits per heavy atom. The second kappa shape index (κ2) is 7.53. The summed E-state index contributed by atoms with van der Waals surface area (Å²) in [6, 6.07) is 10.5. The van der Waals surface area contributed by atoms with Gasteiger partial charge in [0.2, 0.25) is 0 Å². The van der Waals surface area contributed by atoms with Crippen molar-refractivity contribution in [3.05, 3.63) is 35.9 Å². The Balaban J connectivity index is 1.50. The van der Waals surface area contributed by atoms with Crippen molar-refractivity contribution >= 4 is 11.7 Å². The second-order valence-corrected chi connectivity index (χ2v) is 9.56. The molecule has 1 N–H and O–H groups in total. The standard InChI is InChI=1S/C24H35N3O/c1-4-5-7-12-21-20(18-10-8-6-9-11-18)17-27(26-21)22(28)25-24(3)19-13-15-23(24,2)16-14-19/h6,8-11,19-20H,4-5,7,12-17H2,1-3H3,(H,25,28)/t19-,20?,23+,24-/m0/s1. The molecule has 3 aliphatic rings. The minimum atomic E-state index is -0.0905. The first-order chi connectivity index (χ1) is 13.5. The molecule has 2 aliphatic carbocycles. The van der Waals surface area contributed by atoms with Gasteiger partial charge in [0.05, 0.1) is 6.54 Å². The molecule has 0 aromatic heterocycles. The van der Waals surface area contributed by atoms with Crippen molar-refractivity contribution in [1.82, 2.24) is 10.3 Å². The topological polar surface area (TPSA) is 44.7 Å². The van der Waals surface area contributed by atoms with Crippen LogP contribution in [0.25, 0.3) is 0 Å². The summed E-state index contributed by atoms with van der Waals surface area (Å²) in [6.07, 6.45) is 9.48. The minimum absolute atomic E-state index is 0.00560. The van der Waals surface area contributed by atoms with Crippen molar-refractivity contribution in [3.8, 4) is 0 Å². The van der Waals surface area contributed by atoms with Gasteiger partial charge in [-0.2, -0.15) is 5.10 Å². The normalized spacial score (nSPS) is 34.0. The Morgan fingerprint density at radius 3 is 2.50 bits per heavy atom. The van der Waals surface area contributed by atoms with Crippen LogP contribution in [0.15, 0.2) is 35.4 Å². The smallest absolute Gasteiger partial charge is 0.331 e. The average Bonchev–Trinajstić information content (AvgIpc) is 3.30. The molecular weight excluding hydrogens is 346 g/mol. The van der Waals surface area contributed by atoms with E-state index in [9.17, 15) is 4.79 Å². The molecule has 4 rings (SSSR count). The number of hydrogen-bond donors (Lipinski definition) is 1. The molecule has 1 aliphatic heterocycles. The quantitative estimate of drug-likeness (QED) is 0.631. The molecule has 1 aromatic carbocycles. The zero-order chi connectivity index (χ0) is 19.8. The Hall–Kier alpha value is -1.84. The van der Waals surface area contributed by atoms with Crippen LogP contribution in [0.3, 0.4) is 0 Å². The minimum Gasteiger partial charge on any atom is -0.331 e. The van der Waals surface area contributed by atoms with Gasteiger partial charge >= 0.3 is 6.03 Å². The van der Waals surface area contributed by atoms with Gasteiger partial charge in [0.1, 0.15) is 0 Å². The van der Waals surface area contributed by atoms with E-state index in [1.807, 2.05) is 6.07 Å². The van der Waals surface area contributed by atoms with Crippen LogP contribution < -0.4 is 5.32 Å². The van der Waals surface area contributed by atoms with Gasteiger partial charge in [-0.25, -0.2) is 9.80 Å². The molecule has 2 saturated carbocycles. The van der Waals surface area contributed by atoms with Crippen LogP contribution in [0.4, 0.5) is 4.79 Å². The summed E-state index contributed by atoms with van der Waals surface area (Å²) in [4.78, 5) is 13.2. The lowest BCUT2D eigenvalue weighted by Crippen LogP contribution is -2.56. The van der Waals surface area contributed by atoms with Gasteiger partial charge in [-0.15, -0.1) is 0 Å². The molecule has 1 heterocycles. The zero-order valence-electron chi connectivity index (χ0n) is 17.7. The number of urea groups is 1. The Bertz CT molecular complexity index is 735. The van der Waals surface area contributed by atoms with Gasteiger partial charge in [-0.1, -0.05) is 57.0 Å². The van der Waals surface area contributed by atoms with Gasteiger partial charge in [0.25, 0.3) is 0 Å². The highest BCUT2D eigenvalue weighted by molar-refractivity contribution is 5.94. The van der Waals surface area contributed by atoms with Crippen LogP contribution in [0.1, 0.15) is 83.6 Å². The van der Waals surface area contributed by atoms with Gasteiger partial charge in [-0.05, 0) is 62.3 Å². The van der Waals surface area contributed by atoms with E-state index >= 15 is 0 Å². The molecule has 4 nitrogen and oxygen atoms in total. The molecule has 2 amide bonds. The summed E-state index contributed by atoms with van der Waals surface area (Å²) in [5.74, 6) is 0.842. The number of fused-ring (bicyclic) bond motifs is 2. The number of carbonyl (C=O) groups excluding carboxylic acids is 1. The predicted octanol–water partition coefficient (Wildman–Crippen LogP) is 5.70. The fourth-order valence-electron chi connectivity index (χ4n) is 5.82. The predicted molar refractivity (Wildman–Crippen MR) is 114 cm³/mol. The molecule has 4 heteroatoms. The van der Waals surface area contributed by atoms with Gasteiger partial charge in [0.15, 0.2) is 0 Å². The molecule has 1 aromatic rings. The molecule has 2 bridgehead atoms. The third-order valence-corrected chi connectivity index (χ3v) is 8.01. The number of nitrogens with one attached hydrogen (secondary N) is 1. The van der Waals surface area contributed by atoms with Crippen molar-refractivity contribution in [2.45, 2.75) is 83.6 Å². The number of hydrogen-bond acceptors (Lipinski definition) is 2. The summed E-state index contributed by atoms with van der Waals surface area (Å²) < 4.78 is 0. The fraction of sp³-hybridized carbons (Fsp3) is 0.667. The second-order valence-electron chi connectivity index (χ2n) is 9.56. The number of amides is 2. The fourth-order valence-corrected chi connectivity index (χ4v) is 5.82. The maximum atomic E-state index is 13.2. The van der Waals surface area contributed by atoms with E-state index in [2.05, 4.69) is 50.4 Å². The third kappa shape index (κ3) is 3.25. The van der Waals surface area contributed by atoms with Crippen molar-refractivity contribution in [2.75, 3.05) is 6.54 Å². The van der Waals surface area contributed by atoms with E-state index in [-0.39, 0.29) is 22.9 Å². The van der Waals surface area contributed by atoms with Crippen LogP contribution in [0.5, 0.6) is 0 Å². The van der Waals surface area contributed by atoms with Crippen molar-refractivity contribution in [3.63, 3.8) is 0 Å². The zero-order valence-corrected chi connectivity index (χ0v) is 17.7. The van der Waals surface area contributed by atoms with E-state index in [1.54, 1.807) is 5.01 Å². The van der Waals surface area contributed by atoms with Gasteiger partial charge in [0, 0.05) is 17.2 Å². The lowest BCUT2D eigenvalue weighted by atomic mass is 9.76. The summed E-state index contributed by atoms with van der Waals surface area (Å²) in [5, 5.41) is 9.97. The van der Waals surface area contributed by atoms with E-state index in [0.29, 0.717) is 12.5 Å².